The molecule has 8 heteroatoms. The van der Waals surface area contributed by atoms with Gasteiger partial charge in [-0.3, -0.25) is 0 Å². The molecule has 1 aromatic carbocycles. The second-order valence-electron chi connectivity index (χ2n) is 5.11. The van der Waals surface area contributed by atoms with Crippen LogP contribution < -0.4 is 4.90 Å². The highest BCUT2D eigenvalue weighted by Gasteiger charge is 2.17. The van der Waals surface area contributed by atoms with Crippen molar-refractivity contribution >= 4 is 44.7 Å². The lowest BCUT2D eigenvalue weighted by atomic mass is 10.2. The van der Waals surface area contributed by atoms with Gasteiger partial charge in [0.05, 0.1) is 17.5 Å². The first-order valence-electron chi connectivity index (χ1n) is 7.31. The molecular formula is C16H16N4O3S. The first kappa shape index (κ1) is 16.1. The lowest BCUT2D eigenvalue weighted by molar-refractivity contribution is 0.0532. The third-order valence-corrected chi connectivity index (χ3v) is 4.41. The Balaban J connectivity index is 2.09. The van der Waals surface area contributed by atoms with Gasteiger partial charge >= 0.3 is 5.97 Å². The number of hydrogen-bond acceptors (Lipinski definition) is 8. The number of rotatable bonds is 5. The van der Waals surface area contributed by atoms with E-state index >= 15 is 0 Å². The molecule has 3 rings (SSSR count). The molecule has 0 unspecified atom stereocenters. The van der Waals surface area contributed by atoms with Crippen LogP contribution in [0.4, 0.5) is 17.3 Å². The minimum atomic E-state index is -0.332. The molecule has 0 atom stereocenters. The molecule has 7 nitrogen and oxygen atoms in total. The largest absolute Gasteiger partial charge is 0.462 e. The Morgan fingerprint density at radius 2 is 2.21 bits per heavy atom. The summed E-state index contributed by atoms with van der Waals surface area (Å²) >= 11 is 1.34. The van der Waals surface area contributed by atoms with Crippen molar-refractivity contribution in [2.75, 3.05) is 25.6 Å². The average molecular weight is 344 g/mol. The average Bonchev–Trinajstić information content (AvgIpc) is 3.22. The molecule has 0 bridgehead atoms. The monoisotopic (exact) mass is 344 g/mol. The molecule has 0 radical (unpaired) electrons. The van der Waals surface area contributed by atoms with Gasteiger partial charge in [0.1, 0.15) is 10.6 Å². The SMILES string of the molecule is CCOC(=O)c1cc2c(N(C)C)ccc(N=Nc3cnco3)c2s1. The van der Waals surface area contributed by atoms with E-state index in [1.54, 1.807) is 6.92 Å². The number of nitrogens with zero attached hydrogens (tertiary/aromatic N) is 4. The quantitative estimate of drug-likeness (QED) is 0.501. The summed E-state index contributed by atoms with van der Waals surface area (Å²) in [7, 11) is 3.90. The summed E-state index contributed by atoms with van der Waals surface area (Å²) in [5, 5.41) is 9.18. The number of azo groups is 1. The summed E-state index contributed by atoms with van der Waals surface area (Å²) in [5.74, 6) is -0.0106. The first-order valence-corrected chi connectivity index (χ1v) is 8.13. The number of carbonyl (C=O) groups excluding carboxylic acids is 1. The van der Waals surface area contributed by atoms with Crippen LogP contribution in [0.1, 0.15) is 16.6 Å². The van der Waals surface area contributed by atoms with E-state index in [0.29, 0.717) is 23.1 Å². The molecule has 0 spiro atoms. The van der Waals surface area contributed by atoms with Crippen LogP contribution >= 0.6 is 11.3 Å². The highest BCUT2D eigenvalue weighted by atomic mass is 32.1. The summed E-state index contributed by atoms with van der Waals surface area (Å²) in [4.78, 5) is 18.4. The van der Waals surface area contributed by atoms with E-state index < -0.39 is 0 Å². The number of thiophene rings is 1. The van der Waals surface area contributed by atoms with Crippen molar-refractivity contribution in [3.63, 3.8) is 0 Å². The molecule has 3 aromatic rings. The van der Waals surface area contributed by atoms with Crippen LogP contribution in [0.15, 0.2) is 45.4 Å². The zero-order chi connectivity index (χ0) is 17.1. The summed E-state index contributed by atoms with van der Waals surface area (Å²) < 4.78 is 11.0. The van der Waals surface area contributed by atoms with E-state index in [4.69, 9.17) is 9.15 Å². The molecule has 0 saturated heterocycles. The topological polar surface area (TPSA) is 80.3 Å². The van der Waals surface area contributed by atoms with Gasteiger partial charge < -0.3 is 14.1 Å². The van der Waals surface area contributed by atoms with Crippen LogP contribution in [0, 0.1) is 0 Å². The molecule has 2 aromatic heterocycles. The molecule has 0 aliphatic heterocycles. The standard InChI is InChI=1S/C16H16N4O3S/c1-4-22-16(21)13-7-10-12(20(2)3)6-5-11(15(10)24-13)18-19-14-8-17-9-23-14/h5-9H,4H2,1-3H3. The molecule has 0 N–H and O–H groups in total. The van der Waals surface area contributed by atoms with E-state index in [2.05, 4.69) is 15.2 Å². The summed E-state index contributed by atoms with van der Waals surface area (Å²) in [6.07, 6.45) is 2.77. The molecule has 0 fully saturated rings. The maximum atomic E-state index is 12.0. The van der Waals surface area contributed by atoms with Gasteiger partial charge in [-0.1, -0.05) is 0 Å². The van der Waals surface area contributed by atoms with Gasteiger partial charge in [-0.2, -0.15) is 0 Å². The van der Waals surface area contributed by atoms with Crippen LogP contribution in [-0.2, 0) is 4.74 Å². The Morgan fingerprint density at radius 3 is 2.88 bits per heavy atom. The number of carbonyl (C=O) groups is 1. The van der Waals surface area contributed by atoms with Crippen molar-refractivity contribution in [3.05, 3.63) is 35.7 Å². The Bertz CT molecular complexity index is 884. The van der Waals surface area contributed by atoms with Gasteiger partial charge in [-0.05, 0) is 25.1 Å². The highest BCUT2D eigenvalue weighted by Crippen LogP contribution is 2.40. The van der Waals surface area contributed by atoms with E-state index in [1.807, 2.05) is 37.2 Å². The number of benzene rings is 1. The van der Waals surface area contributed by atoms with Gasteiger partial charge in [-0.25, -0.2) is 9.78 Å². The third kappa shape index (κ3) is 3.13. The molecule has 124 valence electrons. The van der Waals surface area contributed by atoms with E-state index in [1.165, 1.54) is 23.9 Å². The molecule has 0 amide bonds. The van der Waals surface area contributed by atoms with Crippen molar-refractivity contribution in [1.29, 1.82) is 0 Å². The normalized spacial score (nSPS) is 11.3. The lowest BCUT2D eigenvalue weighted by Gasteiger charge is -2.14. The van der Waals surface area contributed by atoms with Crippen molar-refractivity contribution in [3.8, 4) is 0 Å². The van der Waals surface area contributed by atoms with E-state index in [0.717, 1.165) is 15.8 Å². The van der Waals surface area contributed by atoms with Crippen molar-refractivity contribution in [2.45, 2.75) is 6.92 Å². The van der Waals surface area contributed by atoms with Crippen LogP contribution in [0.5, 0.6) is 0 Å². The van der Waals surface area contributed by atoms with Gasteiger partial charge in [0.15, 0.2) is 6.39 Å². The van der Waals surface area contributed by atoms with Gasteiger partial charge in [0.25, 0.3) is 5.88 Å². The minimum Gasteiger partial charge on any atom is -0.462 e. The smallest absolute Gasteiger partial charge is 0.348 e. The fourth-order valence-corrected chi connectivity index (χ4v) is 3.25. The zero-order valence-corrected chi connectivity index (χ0v) is 14.3. The molecule has 0 aliphatic carbocycles. The predicted molar refractivity (Wildman–Crippen MR) is 92.8 cm³/mol. The summed E-state index contributed by atoms with van der Waals surface area (Å²) in [6.45, 7) is 2.12. The number of oxazole rings is 1. The van der Waals surface area contributed by atoms with Crippen molar-refractivity contribution in [1.82, 2.24) is 4.98 Å². The van der Waals surface area contributed by atoms with Crippen molar-refractivity contribution < 1.29 is 13.9 Å². The highest BCUT2D eigenvalue weighted by molar-refractivity contribution is 7.21. The Kier molecular flexibility index (Phi) is 4.57. The summed E-state index contributed by atoms with van der Waals surface area (Å²) in [6, 6.07) is 5.64. The number of anilines is 1. The second kappa shape index (κ2) is 6.79. The molecule has 0 aliphatic rings. The Labute approximate surface area is 142 Å². The minimum absolute atomic E-state index is 0.321. The van der Waals surface area contributed by atoms with Crippen LogP contribution in [0.25, 0.3) is 10.1 Å². The number of fused-ring (bicyclic) bond motifs is 1. The lowest BCUT2D eigenvalue weighted by Crippen LogP contribution is -2.08. The van der Waals surface area contributed by atoms with Gasteiger partial charge in [0.2, 0.25) is 0 Å². The Morgan fingerprint density at radius 1 is 1.38 bits per heavy atom. The number of ether oxygens (including phenoxy) is 1. The fraction of sp³-hybridized carbons (Fsp3) is 0.250. The second-order valence-corrected chi connectivity index (χ2v) is 6.16. The number of esters is 1. The maximum Gasteiger partial charge on any atom is 0.348 e. The fourth-order valence-electron chi connectivity index (χ4n) is 2.23. The van der Waals surface area contributed by atoms with E-state index in [-0.39, 0.29) is 5.97 Å². The van der Waals surface area contributed by atoms with Gasteiger partial charge in [-0.15, -0.1) is 21.6 Å². The van der Waals surface area contributed by atoms with E-state index in [9.17, 15) is 4.79 Å². The van der Waals surface area contributed by atoms with Gasteiger partial charge in [0, 0.05) is 25.2 Å². The first-order chi connectivity index (χ1) is 11.6. The van der Waals surface area contributed by atoms with Crippen LogP contribution in [0.3, 0.4) is 0 Å². The molecular weight excluding hydrogens is 328 g/mol. The molecule has 0 saturated carbocycles. The molecule has 2 heterocycles. The Hall–Kier alpha value is -2.74. The van der Waals surface area contributed by atoms with Crippen LogP contribution in [-0.4, -0.2) is 31.7 Å². The zero-order valence-electron chi connectivity index (χ0n) is 13.5. The van der Waals surface area contributed by atoms with Crippen LogP contribution in [0.2, 0.25) is 0 Å². The van der Waals surface area contributed by atoms with Crippen molar-refractivity contribution in [2.24, 2.45) is 10.2 Å². The number of hydrogen-bond donors (Lipinski definition) is 0. The summed E-state index contributed by atoms with van der Waals surface area (Å²) in [5.41, 5.74) is 1.66. The maximum absolute atomic E-state index is 12.0. The molecule has 24 heavy (non-hydrogen) atoms. The number of aromatic nitrogens is 1. The predicted octanol–water partition coefficient (Wildman–Crippen LogP) is 4.55. The third-order valence-electron chi connectivity index (χ3n) is 3.27.